The summed E-state index contributed by atoms with van der Waals surface area (Å²) in [6.07, 6.45) is 0.726. The minimum atomic E-state index is -0.386. The zero-order chi connectivity index (χ0) is 20.4. The SMILES string of the molecule is CCCN(CC(=O)NCC(=O)Nc1ccc(OC)cc1)C(=O)c1ccccc1. The van der Waals surface area contributed by atoms with Crippen molar-refractivity contribution in [3.8, 4) is 5.75 Å². The average molecular weight is 383 g/mol. The number of anilines is 1. The van der Waals surface area contributed by atoms with Gasteiger partial charge in [0.2, 0.25) is 11.8 Å². The van der Waals surface area contributed by atoms with Crippen molar-refractivity contribution in [1.29, 1.82) is 0 Å². The molecule has 0 aliphatic heterocycles. The minimum Gasteiger partial charge on any atom is -0.497 e. The summed E-state index contributed by atoms with van der Waals surface area (Å²) in [6.45, 7) is 2.12. The molecule has 2 aromatic carbocycles. The first-order valence-corrected chi connectivity index (χ1v) is 9.08. The topological polar surface area (TPSA) is 87.7 Å². The van der Waals surface area contributed by atoms with Crippen LogP contribution in [0.5, 0.6) is 5.75 Å². The van der Waals surface area contributed by atoms with Gasteiger partial charge in [-0.05, 0) is 42.8 Å². The number of carbonyl (C=O) groups excluding carboxylic acids is 3. The highest BCUT2D eigenvalue weighted by Gasteiger charge is 2.18. The van der Waals surface area contributed by atoms with Gasteiger partial charge in [0.1, 0.15) is 5.75 Å². The molecule has 7 heteroatoms. The molecule has 2 rings (SSSR count). The molecule has 0 spiro atoms. The Bertz CT molecular complexity index is 791. The molecule has 2 N–H and O–H groups in total. The van der Waals surface area contributed by atoms with E-state index in [1.54, 1.807) is 55.6 Å². The molecule has 0 bridgehead atoms. The molecular weight excluding hydrogens is 358 g/mol. The molecule has 148 valence electrons. The Morgan fingerprint density at radius 2 is 1.64 bits per heavy atom. The van der Waals surface area contributed by atoms with E-state index in [2.05, 4.69) is 10.6 Å². The first-order chi connectivity index (χ1) is 13.5. The van der Waals surface area contributed by atoms with Gasteiger partial charge < -0.3 is 20.3 Å². The fourth-order valence-corrected chi connectivity index (χ4v) is 2.57. The molecule has 0 aromatic heterocycles. The fourth-order valence-electron chi connectivity index (χ4n) is 2.57. The maximum absolute atomic E-state index is 12.6. The van der Waals surface area contributed by atoms with Crippen molar-refractivity contribution < 1.29 is 19.1 Å². The van der Waals surface area contributed by atoms with Crippen LogP contribution in [0.2, 0.25) is 0 Å². The number of benzene rings is 2. The summed E-state index contributed by atoms with van der Waals surface area (Å²) >= 11 is 0. The molecule has 0 saturated heterocycles. The van der Waals surface area contributed by atoms with Crippen LogP contribution in [-0.4, -0.2) is 49.4 Å². The number of nitrogens with one attached hydrogen (secondary N) is 2. The second kappa shape index (κ2) is 10.7. The van der Waals surface area contributed by atoms with E-state index in [-0.39, 0.29) is 30.8 Å². The third kappa shape index (κ3) is 6.42. The number of rotatable bonds is 9. The molecule has 0 unspecified atom stereocenters. The predicted octanol–water partition coefficient (Wildman–Crippen LogP) is 2.30. The first kappa shape index (κ1) is 21.0. The lowest BCUT2D eigenvalue weighted by Gasteiger charge is -2.21. The number of hydrogen-bond acceptors (Lipinski definition) is 4. The number of nitrogens with zero attached hydrogens (tertiary/aromatic N) is 1. The van der Waals surface area contributed by atoms with Crippen LogP contribution in [0, 0.1) is 0 Å². The van der Waals surface area contributed by atoms with Gasteiger partial charge in [0.15, 0.2) is 0 Å². The second-order valence-electron chi connectivity index (χ2n) is 6.15. The van der Waals surface area contributed by atoms with Crippen molar-refractivity contribution in [3.63, 3.8) is 0 Å². The minimum absolute atomic E-state index is 0.0998. The highest BCUT2D eigenvalue weighted by Crippen LogP contribution is 2.14. The Morgan fingerprint density at radius 1 is 0.964 bits per heavy atom. The molecule has 0 radical (unpaired) electrons. The van der Waals surface area contributed by atoms with Gasteiger partial charge >= 0.3 is 0 Å². The quantitative estimate of drug-likeness (QED) is 0.696. The van der Waals surface area contributed by atoms with Crippen LogP contribution >= 0.6 is 0 Å². The van der Waals surface area contributed by atoms with E-state index in [9.17, 15) is 14.4 Å². The van der Waals surface area contributed by atoms with E-state index in [0.29, 0.717) is 23.5 Å². The molecule has 0 atom stereocenters. The van der Waals surface area contributed by atoms with Crippen molar-refractivity contribution in [3.05, 3.63) is 60.2 Å². The molecule has 0 saturated carbocycles. The lowest BCUT2D eigenvalue weighted by Crippen LogP contribution is -2.43. The average Bonchev–Trinajstić information content (AvgIpc) is 2.72. The van der Waals surface area contributed by atoms with Crippen LogP contribution in [-0.2, 0) is 9.59 Å². The number of ether oxygens (including phenoxy) is 1. The zero-order valence-corrected chi connectivity index (χ0v) is 16.1. The Hall–Kier alpha value is -3.35. The Morgan fingerprint density at radius 3 is 2.25 bits per heavy atom. The summed E-state index contributed by atoms with van der Waals surface area (Å²) in [5, 5.41) is 5.24. The molecular formula is C21H25N3O4. The lowest BCUT2D eigenvalue weighted by molar-refractivity contribution is -0.124. The monoisotopic (exact) mass is 383 g/mol. The van der Waals surface area contributed by atoms with Gasteiger partial charge in [0.25, 0.3) is 5.91 Å². The van der Waals surface area contributed by atoms with Gasteiger partial charge in [0.05, 0.1) is 20.2 Å². The van der Waals surface area contributed by atoms with Crippen molar-refractivity contribution >= 4 is 23.4 Å². The van der Waals surface area contributed by atoms with E-state index in [4.69, 9.17) is 4.74 Å². The van der Waals surface area contributed by atoms with Gasteiger partial charge in [-0.25, -0.2) is 0 Å². The van der Waals surface area contributed by atoms with Crippen molar-refractivity contribution in [2.24, 2.45) is 0 Å². The maximum atomic E-state index is 12.6. The number of methoxy groups -OCH3 is 1. The number of amides is 3. The summed E-state index contributed by atoms with van der Waals surface area (Å²) < 4.78 is 5.06. The van der Waals surface area contributed by atoms with Crippen molar-refractivity contribution in [1.82, 2.24) is 10.2 Å². The van der Waals surface area contributed by atoms with Crippen molar-refractivity contribution in [2.75, 3.05) is 32.1 Å². The van der Waals surface area contributed by atoms with E-state index in [1.807, 2.05) is 13.0 Å². The summed E-state index contributed by atoms with van der Waals surface area (Å²) in [6, 6.07) is 15.7. The van der Waals surface area contributed by atoms with Crippen LogP contribution in [0.25, 0.3) is 0 Å². The van der Waals surface area contributed by atoms with Crippen LogP contribution in [0.3, 0.4) is 0 Å². The predicted molar refractivity (Wildman–Crippen MR) is 107 cm³/mol. The Labute approximate surface area is 164 Å². The van der Waals surface area contributed by atoms with E-state index < -0.39 is 0 Å². The standard InChI is InChI=1S/C21H25N3O4/c1-3-13-24(21(27)16-7-5-4-6-8-16)15-20(26)22-14-19(25)23-17-9-11-18(28-2)12-10-17/h4-12H,3,13-15H2,1-2H3,(H,22,26)(H,23,25). The van der Waals surface area contributed by atoms with E-state index >= 15 is 0 Å². The second-order valence-corrected chi connectivity index (χ2v) is 6.15. The third-order valence-electron chi connectivity index (χ3n) is 3.96. The highest BCUT2D eigenvalue weighted by molar-refractivity contribution is 5.98. The van der Waals surface area contributed by atoms with Gasteiger partial charge in [-0.3, -0.25) is 14.4 Å². The van der Waals surface area contributed by atoms with Gasteiger partial charge in [-0.15, -0.1) is 0 Å². The number of carbonyl (C=O) groups is 3. The van der Waals surface area contributed by atoms with Crippen LogP contribution < -0.4 is 15.4 Å². The maximum Gasteiger partial charge on any atom is 0.254 e. The van der Waals surface area contributed by atoms with Gasteiger partial charge in [-0.2, -0.15) is 0 Å². The normalized spacial score (nSPS) is 10.1. The van der Waals surface area contributed by atoms with Crippen LogP contribution in [0.1, 0.15) is 23.7 Å². The van der Waals surface area contributed by atoms with E-state index in [0.717, 1.165) is 6.42 Å². The highest BCUT2D eigenvalue weighted by atomic mass is 16.5. The third-order valence-corrected chi connectivity index (χ3v) is 3.96. The molecule has 0 fully saturated rings. The summed E-state index contributed by atoms with van der Waals surface area (Å²) in [4.78, 5) is 38.2. The largest absolute Gasteiger partial charge is 0.497 e. The van der Waals surface area contributed by atoms with Gasteiger partial charge in [0, 0.05) is 17.8 Å². The Kier molecular flexibility index (Phi) is 8.02. The molecule has 7 nitrogen and oxygen atoms in total. The summed E-state index contributed by atoms with van der Waals surface area (Å²) in [5.41, 5.74) is 1.13. The van der Waals surface area contributed by atoms with Gasteiger partial charge in [-0.1, -0.05) is 25.1 Å². The van der Waals surface area contributed by atoms with Crippen molar-refractivity contribution in [2.45, 2.75) is 13.3 Å². The Balaban J connectivity index is 1.84. The zero-order valence-electron chi connectivity index (χ0n) is 16.1. The smallest absolute Gasteiger partial charge is 0.254 e. The summed E-state index contributed by atoms with van der Waals surface area (Å²) in [7, 11) is 1.56. The molecule has 0 heterocycles. The molecule has 28 heavy (non-hydrogen) atoms. The molecule has 2 aromatic rings. The van der Waals surface area contributed by atoms with Crippen LogP contribution in [0.4, 0.5) is 5.69 Å². The van der Waals surface area contributed by atoms with Crippen LogP contribution in [0.15, 0.2) is 54.6 Å². The molecule has 3 amide bonds. The lowest BCUT2D eigenvalue weighted by atomic mass is 10.2. The van der Waals surface area contributed by atoms with E-state index in [1.165, 1.54) is 4.90 Å². The molecule has 0 aliphatic carbocycles. The first-order valence-electron chi connectivity index (χ1n) is 9.08. The number of hydrogen-bond donors (Lipinski definition) is 2. The molecule has 0 aliphatic rings. The summed E-state index contributed by atoms with van der Waals surface area (Å²) in [5.74, 6) is -0.261. The fraction of sp³-hybridized carbons (Fsp3) is 0.286.